The molecular formula is C21H20FN7O2. The number of anilines is 2. The Morgan fingerprint density at radius 2 is 2.10 bits per heavy atom. The summed E-state index contributed by atoms with van der Waals surface area (Å²) in [6.07, 6.45) is 3.23. The first kappa shape index (κ1) is 19.2. The third-order valence-corrected chi connectivity index (χ3v) is 5.30. The van der Waals surface area contributed by atoms with Gasteiger partial charge < -0.3 is 20.1 Å². The fourth-order valence-corrected chi connectivity index (χ4v) is 3.55. The van der Waals surface area contributed by atoms with Crippen LogP contribution in [0.4, 0.5) is 16.0 Å². The van der Waals surface area contributed by atoms with Gasteiger partial charge in [0.15, 0.2) is 0 Å². The quantitative estimate of drug-likeness (QED) is 0.522. The van der Waals surface area contributed by atoms with Crippen LogP contribution in [0.2, 0.25) is 0 Å². The highest BCUT2D eigenvalue weighted by molar-refractivity contribution is 6.04. The van der Waals surface area contributed by atoms with Gasteiger partial charge in [0, 0.05) is 49.2 Å². The van der Waals surface area contributed by atoms with Crippen LogP contribution in [0, 0.1) is 12.7 Å². The van der Waals surface area contributed by atoms with Crippen molar-refractivity contribution in [3.8, 4) is 11.5 Å². The van der Waals surface area contributed by atoms with Gasteiger partial charge >= 0.3 is 0 Å². The number of fused-ring (bicyclic) bond motifs is 1. The monoisotopic (exact) mass is 421 g/mol. The zero-order chi connectivity index (χ0) is 21.4. The number of nitrogens with one attached hydrogen (secondary N) is 2. The number of halogens is 1. The SMILES string of the molecule is Cc1c(F)cc(-c2nc(N3CCNCC3)no2)cc1NC(=O)c1cnc2ccccn12. The van der Waals surface area contributed by atoms with Crippen molar-refractivity contribution in [1.82, 2.24) is 24.8 Å². The van der Waals surface area contributed by atoms with Crippen LogP contribution in [0.25, 0.3) is 17.1 Å². The molecule has 0 unspecified atom stereocenters. The zero-order valence-corrected chi connectivity index (χ0v) is 16.8. The third kappa shape index (κ3) is 3.61. The highest BCUT2D eigenvalue weighted by Gasteiger charge is 2.20. The maximum absolute atomic E-state index is 14.7. The van der Waals surface area contributed by atoms with Crippen LogP contribution in [-0.4, -0.2) is 51.6 Å². The molecule has 0 spiro atoms. The lowest BCUT2D eigenvalue weighted by molar-refractivity contribution is 0.102. The number of benzene rings is 1. The lowest BCUT2D eigenvalue weighted by Gasteiger charge is -2.25. The molecule has 0 aliphatic carbocycles. The van der Waals surface area contributed by atoms with Crippen LogP contribution in [0.5, 0.6) is 0 Å². The highest BCUT2D eigenvalue weighted by atomic mass is 19.1. The van der Waals surface area contributed by atoms with E-state index < -0.39 is 11.7 Å². The molecule has 0 radical (unpaired) electrons. The van der Waals surface area contributed by atoms with E-state index in [0.717, 1.165) is 26.2 Å². The molecule has 1 aromatic carbocycles. The molecule has 0 saturated carbocycles. The maximum atomic E-state index is 14.7. The number of imidazole rings is 1. The van der Waals surface area contributed by atoms with Gasteiger partial charge in [-0.15, -0.1) is 0 Å². The van der Waals surface area contributed by atoms with Crippen LogP contribution >= 0.6 is 0 Å². The Morgan fingerprint density at radius 3 is 2.94 bits per heavy atom. The van der Waals surface area contributed by atoms with Crippen LogP contribution in [0.1, 0.15) is 16.1 Å². The van der Waals surface area contributed by atoms with Crippen molar-refractivity contribution in [3.05, 3.63) is 59.8 Å². The van der Waals surface area contributed by atoms with E-state index in [-0.39, 0.29) is 5.89 Å². The molecule has 5 rings (SSSR count). The molecule has 1 aliphatic heterocycles. The number of hydrogen-bond acceptors (Lipinski definition) is 7. The molecule has 0 bridgehead atoms. The number of aromatic nitrogens is 4. The summed E-state index contributed by atoms with van der Waals surface area (Å²) in [6.45, 7) is 4.80. The molecule has 1 amide bonds. The van der Waals surface area contributed by atoms with Crippen molar-refractivity contribution in [2.45, 2.75) is 6.92 Å². The van der Waals surface area contributed by atoms with E-state index in [9.17, 15) is 9.18 Å². The minimum absolute atomic E-state index is 0.192. The average Bonchev–Trinajstić information content (AvgIpc) is 3.45. The van der Waals surface area contributed by atoms with Gasteiger partial charge in [-0.2, -0.15) is 4.98 Å². The third-order valence-electron chi connectivity index (χ3n) is 5.30. The van der Waals surface area contributed by atoms with Crippen molar-refractivity contribution in [3.63, 3.8) is 0 Å². The van der Waals surface area contributed by atoms with Gasteiger partial charge in [0.05, 0.1) is 6.20 Å². The van der Waals surface area contributed by atoms with Crippen molar-refractivity contribution >= 4 is 23.2 Å². The lowest BCUT2D eigenvalue weighted by Crippen LogP contribution is -2.44. The molecule has 1 fully saturated rings. The van der Waals surface area contributed by atoms with Crippen molar-refractivity contribution in [2.24, 2.45) is 0 Å². The second-order valence-corrected chi connectivity index (χ2v) is 7.29. The fourth-order valence-electron chi connectivity index (χ4n) is 3.55. The van der Waals surface area contributed by atoms with Gasteiger partial charge in [-0.05, 0) is 36.3 Å². The number of hydrogen-bond donors (Lipinski definition) is 2. The summed E-state index contributed by atoms with van der Waals surface area (Å²) in [6, 6.07) is 8.41. The van der Waals surface area contributed by atoms with Gasteiger partial charge in [0.1, 0.15) is 17.2 Å². The smallest absolute Gasteiger partial charge is 0.274 e. The second kappa shape index (κ2) is 7.80. The standard InChI is InChI=1S/C21H20FN7O2/c1-13-15(22)10-14(20-26-21(27-31-20)28-8-5-23-6-9-28)11-16(13)25-19(30)17-12-24-18-4-2-3-7-29(17)18/h2-4,7,10-12,23H,5-6,8-9H2,1H3,(H,25,30). The number of piperazine rings is 1. The molecule has 1 aliphatic rings. The summed E-state index contributed by atoms with van der Waals surface area (Å²) in [4.78, 5) is 23.5. The van der Waals surface area contributed by atoms with E-state index in [1.807, 2.05) is 17.0 Å². The molecule has 4 aromatic rings. The molecule has 2 N–H and O–H groups in total. The van der Waals surface area contributed by atoms with E-state index in [1.165, 1.54) is 12.3 Å². The fraction of sp³-hybridized carbons (Fsp3) is 0.238. The van der Waals surface area contributed by atoms with E-state index in [0.29, 0.717) is 34.1 Å². The Kier molecular flexibility index (Phi) is 4.83. The Hall–Kier alpha value is -3.79. The lowest BCUT2D eigenvalue weighted by atomic mass is 10.1. The normalized spacial score (nSPS) is 14.2. The van der Waals surface area contributed by atoms with Gasteiger partial charge in [-0.3, -0.25) is 9.20 Å². The Labute approximate surface area is 176 Å². The van der Waals surface area contributed by atoms with E-state index in [2.05, 4.69) is 25.8 Å². The average molecular weight is 421 g/mol. The first-order valence-electron chi connectivity index (χ1n) is 9.93. The van der Waals surface area contributed by atoms with E-state index in [1.54, 1.807) is 29.7 Å². The van der Waals surface area contributed by atoms with E-state index >= 15 is 0 Å². The number of rotatable bonds is 4. The summed E-state index contributed by atoms with van der Waals surface area (Å²) < 4.78 is 21.7. The predicted octanol–water partition coefficient (Wildman–Crippen LogP) is 2.49. The summed E-state index contributed by atoms with van der Waals surface area (Å²) in [5.41, 5.74) is 2.03. The molecule has 1 saturated heterocycles. The van der Waals surface area contributed by atoms with Crippen LogP contribution in [-0.2, 0) is 0 Å². The maximum Gasteiger partial charge on any atom is 0.274 e. The Balaban J connectivity index is 1.44. The Morgan fingerprint density at radius 1 is 1.26 bits per heavy atom. The summed E-state index contributed by atoms with van der Waals surface area (Å²) in [5, 5.41) is 10.1. The van der Waals surface area contributed by atoms with Gasteiger partial charge in [-0.25, -0.2) is 9.37 Å². The summed E-state index contributed by atoms with van der Waals surface area (Å²) in [7, 11) is 0. The van der Waals surface area contributed by atoms with Gasteiger partial charge in [-0.1, -0.05) is 6.07 Å². The molecule has 9 nitrogen and oxygen atoms in total. The van der Waals surface area contributed by atoms with Crippen molar-refractivity contribution in [2.75, 3.05) is 36.4 Å². The highest BCUT2D eigenvalue weighted by Crippen LogP contribution is 2.28. The predicted molar refractivity (Wildman–Crippen MR) is 113 cm³/mol. The minimum atomic E-state index is -0.479. The summed E-state index contributed by atoms with van der Waals surface area (Å²) in [5.74, 6) is -0.218. The van der Waals surface area contributed by atoms with Gasteiger partial charge in [0.25, 0.3) is 17.7 Å². The molecule has 0 atom stereocenters. The second-order valence-electron chi connectivity index (χ2n) is 7.29. The number of carbonyl (C=O) groups is 1. The minimum Gasteiger partial charge on any atom is -0.336 e. The molecule has 31 heavy (non-hydrogen) atoms. The number of amides is 1. The van der Waals surface area contributed by atoms with Crippen molar-refractivity contribution < 1.29 is 13.7 Å². The van der Waals surface area contributed by atoms with Crippen LogP contribution in [0.15, 0.2) is 47.2 Å². The topological polar surface area (TPSA) is 101 Å². The Bertz CT molecular complexity index is 1260. The van der Waals surface area contributed by atoms with Crippen molar-refractivity contribution in [1.29, 1.82) is 0 Å². The molecular weight excluding hydrogens is 401 g/mol. The molecule has 158 valence electrons. The first-order chi connectivity index (χ1) is 15.1. The number of carbonyl (C=O) groups excluding carboxylic acids is 1. The number of nitrogens with zero attached hydrogens (tertiary/aromatic N) is 5. The first-order valence-corrected chi connectivity index (χ1v) is 9.93. The summed E-state index contributed by atoms with van der Waals surface area (Å²) >= 11 is 0. The largest absolute Gasteiger partial charge is 0.336 e. The number of pyridine rings is 1. The molecule has 10 heteroatoms. The van der Waals surface area contributed by atoms with Crippen LogP contribution in [0.3, 0.4) is 0 Å². The zero-order valence-electron chi connectivity index (χ0n) is 16.8. The molecule has 3 aromatic heterocycles. The van der Waals surface area contributed by atoms with Gasteiger partial charge in [0.2, 0.25) is 0 Å². The molecule has 4 heterocycles. The van der Waals surface area contributed by atoms with E-state index in [4.69, 9.17) is 4.52 Å². The van der Waals surface area contributed by atoms with Crippen LogP contribution < -0.4 is 15.5 Å².